The van der Waals surface area contributed by atoms with Crippen molar-refractivity contribution in [3.8, 4) is 5.75 Å². The molecular formula is C26H27N3O3. The lowest BCUT2D eigenvalue weighted by atomic mass is 9.89. The number of aromatic amines is 1. The molecule has 0 radical (unpaired) electrons. The van der Waals surface area contributed by atoms with Crippen molar-refractivity contribution in [2.24, 2.45) is 0 Å². The van der Waals surface area contributed by atoms with Crippen LogP contribution in [0.15, 0.2) is 61.2 Å². The molecule has 1 fully saturated rings. The Labute approximate surface area is 187 Å². The molecule has 3 amide bonds. The number of hydrogen-bond acceptors (Lipinski definition) is 3. The average molecular weight is 430 g/mol. The lowest BCUT2D eigenvalue weighted by Crippen LogP contribution is -2.44. The number of ether oxygens (including phenoxy) is 1. The Morgan fingerprint density at radius 3 is 2.84 bits per heavy atom. The van der Waals surface area contributed by atoms with Gasteiger partial charge in [0.1, 0.15) is 24.4 Å². The second-order valence-electron chi connectivity index (χ2n) is 8.39. The maximum absolute atomic E-state index is 13.5. The predicted molar refractivity (Wildman–Crippen MR) is 124 cm³/mol. The van der Waals surface area contributed by atoms with Gasteiger partial charge in [0.25, 0.3) is 5.91 Å². The summed E-state index contributed by atoms with van der Waals surface area (Å²) in [5, 5.41) is 1.11. The molecule has 0 saturated carbocycles. The van der Waals surface area contributed by atoms with E-state index in [0.29, 0.717) is 25.3 Å². The van der Waals surface area contributed by atoms with Crippen LogP contribution in [0.5, 0.6) is 5.75 Å². The number of amides is 3. The average Bonchev–Trinajstić information content (AvgIpc) is 3.30. The highest BCUT2D eigenvalue weighted by molar-refractivity contribution is 6.05. The normalized spacial score (nSPS) is 19.9. The van der Waals surface area contributed by atoms with Gasteiger partial charge in [-0.1, -0.05) is 56.3 Å². The molecule has 2 aromatic carbocycles. The van der Waals surface area contributed by atoms with Gasteiger partial charge in [0, 0.05) is 29.6 Å². The number of unbranched alkanes of at least 4 members (excludes halogenated alkanes) is 1. The number of benzene rings is 2. The molecule has 1 saturated heterocycles. The third-order valence-corrected chi connectivity index (χ3v) is 6.41. The molecule has 0 aliphatic carbocycles. The van der Waals surface area contributed by atoms with E-state index in [1.807, 2.05) is 42.5 Å². The molecule has 3 heterocycles. The highest BCUT2D eigenvalue weighted by atomic mass is 16.5. The van der Waals surface area contributed by atoms with Crippen LogP contribution in [0.3, 0.4) is 0 Å². The smallest absolute Gasteiger partial charge is 0.328 e. The zero-order valence-electron chi connectivity index (χ0n) is 18.2. The lowest BCUT2D eigenvalue weighted by molar-refractivity contribution is -0.128. The Kier molecular flexibility index (Phi) is 5.21. The Bertz CT molecular complexity index is 1200. The number of carbonyl (C=O) groups excluding carboxylic acids is 2. The van der Waals surface area contributed by atoms with Gasteiger partial charge in [0.2, 0.25) is 0 Å². The topological polar surface area (TPSA) is 65.6 Å². The van der Waals surface area contributed by atoms with E-state index in [0.717, 1.165) is 40.6 Å². The van der Waals surface area contributed by atoms with Crippen LogP contribution in [0.25, 0.3) is 10.9 Å². The fraction of sp³-hybridized carbons (Fsp3) is 0.308. The van der Waals surface area contributed by atoms with E-state index in [4.69, 9.17) is 4.74 Å². The van der Waals surface area contributed by atoms with E-state index in [-0.39, 0.29) is 18.0 Å². The van der Waals surface area contributed by atoms with Crippen molar-refractivity contribution >= 4 is 22.8 Å². The summed E-state index contributed by atoms with van der Waals surface area (Å²) in [5.74, 6) is 0.617. The van der Waals surface area contributed by atoms with Crippen LogP contribution in [-0.4, -0.2) is 45.9 Å². The van der Waals surface area contributed by atoms with Crippen molar-refractivity contribution in [3.05, 3.63) is 78.0 Å². The molecule has 32 heavy (non-hydrogen) atoms. The van der Waals surface area contributed by atoms with E-state index >= 15 is 0 Å². The molecular weight excluding hydrogens is 402 g/mol. The number of nitrogens with one attached hydrogen (secondary N) is 1. The SMILES string of the molecule is C=CCOc1cccc([C@@H]2c3[nH]c4ccccc4c3C[C@H]3C(=O)N(CCCC)C(=O)N23)c1. The molecule has 164 valence electrons. The first-order valence-electron chi connectivity index (χ1n) is 11.2. The monoisotopic (exact) mass is 429 g/mol. The van der Waals surface area contributed by atoms with Gasteiger partial charge in [0.05, 0.1) is 0 Å². The van der Waals surface area contributed by atoms with Crippen molar-refractivity contribution in [1.82, 2.24) is 14.8 Å². The van der Waals surface area contributed by atoms with Crippen LogP contribution in [0, 0.1) is 0 Å². The Morgan fingerprint density at radius 1 is 1.19 bits per heavy atom. The van der Waals surface area contributed by atoms with Gasteiger partial charge >= 0.3 is 6.03 Å². The number of nitrogens with zero attached hydrogens (tertiary/aromatic N) is 2. The van der Waals surface area contributed by atoms with Crippen molar-refractivity contribution in [2.45, 2.75) is 38.3 Å². The summed E-state index contributed by atoms with van der Waals surface area (Å²) >= 11 is 0. The highest BCUT2D eigenvalue weighted by Crippen LogP contribution is 2.44. The largest absolute Gasteiger partial charge is 0.490 e. The third-order valence-electron chi connectivity index (χ3n) is 6.41. The summed E-state index contributed by atoms with van der Waals surface area (Å²) in [7, 11) is 0. The van der Waals surface area contributed by atoms with Gasteiger partial charge in [-0.05, 0) is 35.7 Å². The summed E-state index contributed by atoms with van der Waals surface area (Å²) < 4.78 is 5.76. The molecule has 1 N–H and O–H groups in total. The summed E-state index contributed by atoms with van der Waals surface area (Å²) in [6.45, 7) is 6.64. The van der Waals surface area contributed by atoms with Crippen molar-refractivity contribution in [1.29, 1.82) is 0 Å². The molecule has 2 aliphatic rings. The number of H-pyrrole nitrogens is 1. The lowest BCUT2D eigenvalue weighted by Gasteiger charge is -2.36. The molecule has 0 unspecified atom stereocenters. The van der Waals surface area contributed by atoms with E-state index in [9.17, 15) is 9.59 Å². The van der Waals surface area contributed by atoms with E-state index in [1.54, 1.807) is 11.0 Å². The number of para-hydroxylation sites is 1. The first-order valence-corrected chi connectivity index (χ1v) is 11.2. The predicted octanol–water partition coefficient (Wildman–Crippen LogP) is 4.81. The zero-order chi connectivity index (χ0) is 22.2. The van der Waals surface area contributed by atoms with Gasteiger partial charge in [-0.15, -0.1) is 0 Å². The zero-order valence-corrected chi connectivity index (χ0v) is 18.2. The van der Waals surface area contributed by atoms with Gasteiger partial charge in [-0.25, -0.2) is 4.79 Å². The number of hydrogen-bond donors (Lipinski definition) is 1. The first-order chi connectivity index (χ1) is 15.6. The molecule has 2 aliphatic heterocycles. The van der Waals surface area contributed by atoms with Crippen LogP contribution in [0.4, 0.5) is 4.79 Å². The van der Waals surface area contributed by atoms with Crippen LogP contribution in [-0.2, 0) is 11.2 Å². The molecule has 5 rings (SSSR count). The summed E-state index contributed by atoms with van der Waals surface area (Å²) in [5.41, 5.74) is 4.03. The van der Waals surface area contributed by atoms with Crippen molar-refractivity contribution in [3.63, 3.8) is 0 Å². The van der Waals surface area contributed by atoms with Gasteiger partial charge in [-0.3, -0.25) is 14.6 Å². The minimum absolute atomic E-state index is 0.0940. The van der Waals surface area contributed by atoms with Crippen LogP contribution in [0.1, 0.15) is 42.6 Å². The Hall–Kier alpha value is -3.54. The summed E-state index contributed by atoms with van der Waals surface area (Å²) in [6, 6.07) is 14.8. The second-order valence-corrected chi connectivity index (χ2v) is 8.39. The second kappa shape index (κ2) is 8.19. The quantitative estimate of drug-likeness (QED) is 0.433. The molecule has 0 bridgehead atoms. The maximum Gasteiger partial charge on any atom is 0.328 e. The summed E-state index contributed by atoms with van der Waals surface area (Å²) in [4.78, 5) is 33.6. The molecule has 1 aromatic heterocycles. The fourth-order valence-corrected chi connectivity index (χ4v) is 4.93. The van der Waals surface area contributed by atoms with Gasteiger partial charge in [-0.2, -0.15) is 0 Å². The van der Waals surface area contributed by atoms with E-state index < -0.39 is 6.04 Å². The third kappa shape index (κ3) is 3.18. The standard InChI is InChI=1S/C26H27N3O3/c1-3-5-13-28-25(30)22-16-20-19-11-6-7-12-21(19)27-23(20)24(29(22)26(28)31)17-9-8-10-18(15-17)32-14-4-2/h4,6-12,15,22,24,27H,2-3,5,13-14,16H2,1H3/t22-,24+/m0/s1. The van der Waals surface area contributed by atoms with E-state index in [1.165, 1.54) is 4.90 Å². The fourth-order valence-electron chi connectivity index (χ4n) is 4.93. The minimum atomic E-state index is -0.492. The van der Waals surface area contributed by atoms with Crippen LogP contribution in [0.2, 0.25) is 0 Å². The minimum Gasteiger partial charge on any atom is -0.490 e. The molecule has 2 atom stereocenters. The Balaban J connectivity index is 1.65. The molecule has 6 nitrogen and oxygen atoms in total. The van der Waals surface area contributed by atoms with Gasteiger partial charge < -0.3 is 9.72 Å². The molecule has 3 aromatic rings. The van der Waals surface area contributed by atoms with Crippen molar-refractivity contribution < 1.29 is 14.3 Å². The van der Waals surface area contributed by atoms with Crippen molar-refractivity contribution in [2.75, 3.05) is 13.2 Å². The Morgan fingerprint density at radius 2 is 2.03 bits per heavy atom. The van der Waals surface area contributed by atoms with Gasteiger partial charge in [0.15, 0.2) is 0 Å². The first kappa shape index (κ1) is 20.4. The molecule has 6 heteroatoms. The van der Waals surface area contributed by atoms with Crippen LogP contribution >= 0.6 is 0 Å². The number of urea groups is 1. The number of fused-ring (bicyclic) bond motifs is 4. The summed E-state index contributed by atoms with van der Waals surface area (Å²) in [6.07, 6.45) is 3.96. The number of carbonyl (C=O) groups is 2. The number of aromatic nitrogens is 1. The van der Waals surface area contributed by atoms with E-state index in [2.05, 4.69) is 24.6 Å². The van der Waals surface area contributed by atoms with Crippen LogP contribution < -0.4 is 4.74 Å². The maximum atomic E-state index is 13.5. The molecule has 0 spiro atoms. The number of rotatable bonds is 7. The highest BCUT2D eigenvalue weighted by Gasteiger charge is 2.52. The number of imide groups is 1.